The molecule has 19 heavy (non-hydrogen) atoms. The molecular weight excluding hydrogens is 238 g/mol. The second-order valence-electron chi connectivity index (χ2n) is 4.72. The molecule has 0 saturated carbocycles. The van der Waals surface area contributed by atoms with E-state index >= 15 is 0 Å². The highest BCUT2D eigenvalue weighted by molar-refractivity contribution is 5.84. The molecule has 1 atom stereocenters. The van der Waals surface area contributed by atoms with Gasteiger partial charge in [-0.1, -0.05) is 18.2 Å². The van der Waals surface area contributed by atoms with E-state index in [1.807, 2.05) is 43.0 Å². The fourth-order valence-electron chi connectivity index (χ4n) is 2.57. The summed E-state index contributed by atoms with van der Waals surface area (Å²) >= 11 is 0. The van der Waals surface area contributed by atoms with Crippen LogP contribution in [0.3, 0.4) is 0 Å². The van der Waals surface area contributed by atoms with E-state index in [2.05, 4.69) is 27.6 Å². The first-order chi connectivity index (χ1) is 9.20. The van der Waals surface area contributed by atoms with Crippen molar-refractivity contribution in [2.75, 3.05) is 0 Å². The minimum absolute atomic E-state index is 0.0812. The molecule has 5 nitrogen and oxygen atoms in total. The summed E-state index contributed by atoms with van der Waals surface area (Å²) in [6.45, 7) is 1.98. The van der Waals surface area contributed by atoms with E-state index in [0.29, 0.717) is 0 Å². The van der Waals surface area contributed by atoms with Crippen LogP contribution in [0, 0.1) is 6.92 Å². The second kappa shape index (κ2) is 4.53. The Morgan fingerprint density at radius 2 is 2.16 bits per heavy atom. The van der Waals surface area contributed by atoms with Crippen LogP contribution >= 0.6 is 0 Å². The molecule has 1 aromatic carbocycles. The Hall–Kier alpha value is -2.11. The molecular formula is C14H17N5. The van der Waals surface area contributed by atoms with Gasteiger partial charge < -0.3 is 4.98 Å². The average Bonchev–Trinajstić information content (AvgIpc) is 2.96. The fraction of sp³-hybridized carbons (Fsp3) is 0.214. The molecule has 0 aliphatic carbocycles. The number of nitrogens with one attached hydrogen (secondary N) is 2. The first-order valence-electron chi connectivity index (χ1n) is 6.23. The number of benzene rings is 1. The van der Waals surface area contributed by atoms with Crippen molar-refractivity contribution < 1.29 is 0 Å². The zero-order chi connectivity index (χ0) is 13.4. The summed E-state index contributed by atoms with van der Waals surface area (Å²) in [5.41, 5.74) is 7.15. The summed E-state index contributed by atoms with van der Waals surface area (Å²) in [5, 5.41) is 5.55. The molecule has 1 unspecified atom stereocenters. The average molecular weight is 255 g/mol. The lowest BCUT2D eigenvalue weighted by atomic mass is 10.0. The Labute approximate surface area is 111 Å². The number of para-hydroxylation sites is 1. The van der Waals surface area contributed by atoms with E-state index in [4.69, 9.17) is 5.84 Å². The standard InChI is InChI=1S/C14H17N5/c1-9-7-13(19(2)18-9)14(17-15)11-8-16-12-6-4-3-5-10(11)12/h3-8,14,16-17H,15H2,1-2H3. The number of nitrogens with two attached hydrogens (primary N) is 1. The summed E-state index contributed by atoms with van der Waals surface area (Å²) in [6.07, 6.45) is 2.00. The van der Waals surface area contributed by atoms with Crippen molar-refractivity contribution in [3.63, 3.8) is 0 Å². The smallest absolute Gasteiger partial charge is 0.0898 e. The molecule has 3 rings (SSSR count). The molecule has 98 valence electrons. The number of hydrogen-bond donors (Lipinski definition) is 3. The van der Waals surface area contributed by atoms with E-state index in [-0.39, 0.29) is 6.04 Å². The number of aryl methyl sites for hydroxylation is 2. The van der Waals surface area contributed by atoms with E-state index in [0.717, 1.165) is 22.5 Å². The lowest BCUT2D eigenvalue weighted by molar-refractivity contribution is 0.577. The molecule has 0 amide bonds. The molecule has 0 spiro atoms. The molecule has 4 N–H and O–H groups in total. The van der Waals surface area contributed by atoms with Crippen molar-refractivity contribution in [1.82, 2.24) is 20.2 Å². The molecule has 2 heterocycles. The van der Waals surface area contributed by atoms with Crippen molar-refractivity contribution in [2.24, 2.45) is 12.9 Å². The van der Waals surface area contributed by atoms with E-state index in [1.54, 1.807) is 0 Å². The number of rotatable bonds is 3. The van der Waals surface area contributed by atoms with Crippen molar-refractivity contribution >= 4 is 10.9 Å². The maximum absolute atomic E-state index is 5.76. The molecule has 0 bridgehead atoms. The van der Waals surface area contributed by atoms with Crippen LogP contribution in [0.1, 0.15) is 23.0 Å². The number of hydrazine groups is 1. The maximum atomic E-state index is 5.76. The Balaban J connectivity index is 2.15. The zero-order valence-corrected chi connectivity index (χ0v) is 11.0. The van der Waals surface area contributed by atoms with Gasteiger partial charge in [0.15, 0.2) is 0 Å². The number of aromatic amines is 1. The Morgan fingerprint density at radius 3 is 2.84 bits per heavy atom. The van der Waals surface area contributed by atoms with Crippen LogP contribution in [0.5, 0.6) is 0 Å². The maximum Gasteiger partial charge on any atom is 0.0898 e. The van der Waals surface area contributed by atoms with Crippen LogP contribution in [0.25, 0.3) is 10.9 Å². The van der Waals surface area contributed by atoms with Gasteiger partial charge in [-0.15, -0.1) is 0 Å². The minimum atomic E-state index is -0.0812. The monoisotopic (exact) mass is 255 g/mol. The summed E-state index contributed by atoms with van der Waals surface area (Å²) in [4.78, 5) is 3.27. The van der Waals surface area contributed by atoms with Gasteiger partial charge in [0, 0.05) is 29.7 Å². The number of hydrogen-bond acceptors (Lipinski definition) is 3. The zero-order valence-electron chi connectivity index (χ0n) is 11.0. The van der Waals surface area contributed by atoms with Crippen molar-refractivity contribution in [3.05, 3.63) is 53.5 Å². The first kappa shape index (κ1) is 12.0. The summed E-state index contributed by atoms with van der Waals surface area (Å²) in [7, 11) is 1.93. The summed E-state index contributed by atoms with van der Waals surface area (Å²) in [5.74, 6) is 5.76. The number of aromatic nitrogens is 3. The Bertz CT molecular complexity index is 710. The van der Waals surface area contributed by atoms with Crippen LogP contribution in [0.4, 0.5) is 0 Å². The largest absolute Gasteiger partial charge is 0.361 e. The third-order valence-electron chi connectivity index (χ3n) is 3.43. The third kappa shape index (κ3) is 1.93. The molecule has 0 aliphatic heterocycles. The van der Waals surface area contributed by atoms with Crippen LogP contribution in [-0.4, -0.2) is 14.8 Å². The topological polar surface area (TPSA) is 71.7 Å². The minimum Gasteiger partial charge on any atom is -0.361 e. The molecule has 0 saturated heterocycles. The highest BCUT2D eigenvalue weighted by Crippen LogP contribution is 2.28. The van der Waals surface area contributed by atoms with Crippen LogP contribution in [-0.2, 0) is 7.05 Å². The van der Waals surface area contributed by atoms with E-state index < -0.39 is 0 Å². The number of nitrogens with zero attached hydrogens (tertiary/aromatic N) is 2. The lowest BCUT2D eigenvalue weighted by Crippen LogP contribution is -2.30. The van der Waals surface area contributed by atoms with Crippen LogP contribution < -0.4 is 11.3 Å². The van der Waals surface area contributed by atoms with Gasteiger partial charge in [0.2, 0.25) is 0 Å². The predicted molar refractivity (Wildman–Crippen MR) is 75.4 cm³/mol. The van der Waals surface area contributed by atoms with Crippen molar-refractivity contribution in [1.29, 1.82) is 0 Å². The van der Waals surface area contributed by atoms with E-state index in [9.17, 15) is 0 Å². The van der Waals surface area contributed by atoms with Crippen molar-refractivity contribution in [3.8, 4) is 0 Å². The van der Waals surface area contributed by atoms with Gasteiger partial charge in [0.25, 0.3) is 0 Å². The van der Waals surface area contributed by atoms with Gasteiger partial charge in [0.05, 0.1) is 17.4 Å². The normalized spacial score (nSPS) is 13.0. The summed E-state index contributed by atoms with van der Waals surface area (Å²) in [6, 6.07) is 10.2. The molecule has 2 aromatic heterocycles. The van der Waals surface area contributed by atoms with Gasteiger partial charge in [-0.2, -0.15) is 5.10 Å². The molecule has 0 aliphatic rings. The molecule has 0 fully saturated rings. The SMILES string of the molecule is Cc1cc(C(NN)c2c[nH]c3ccccc23)n(C)n1. The third-order valence-corrected chi connectivity index (χ3v) is 3.43. The molecule has 0 radical (unpaired) electrons. The first-order valence-corrected chi connectivity index (χ1v) is 6.23. The summed E-state index contributed by atoms with van der Waals surface area (Å²) < 4.78 is 1.86. The lowest BCUT2D eigenvalue weighted by Gasteiger charge is -2.15. The van der Waals surface area contributed by atoms with Gasteiger partial charge in [-0.05, 0) is 19.1 Å². The van der Waals surface area contributed by atoms with E-state index in [1.165, 1.54) is 5.39 Å². The molecule has 3 aromatic rings. The predicted octanol–water partition coefficient (Wildman–Crippen LogP) is 1.76. The van der Waals surface area contributed by atoms with Crippen LogP contribution in [0.15, 0.2) is 36.5 Å². The van der Waals surface area contributed by atoms with Crippen LogP contribution in [0.2, 0.25) is 0 Å². The second-order valence-corrected chi connectivity index (χ2v) is 4.72. The highest BCUT2D eigenvalue weighted by Gasteiger charge is 2.19. The van der Waals surface area contributed by atoms with Gasteiger partial charge in [-0.25, -0.2) is 5.43 Å². The van der Waals surface area contributed by atoms with Gasteiger partial charge in [-0.3, -0.25) is 10.5 Å². The number of fused-ring (bicyclic) bond motifs is 1. The van der Waals surface area contributed by atoms with Gasteiger partial charge in [0.1, 0.15) is 0 Å². The highest BCUT2D eigenvalue weighted by atomic mass is 15.3. The number of H-pyrrole nitrogens is 1. The quantitative estimate of drug-likeness (QED) is 0.493. The van der Waals surface area contributed by atoms with Crippen molar-refractivity contribution in [2.45, 2.75) is 13.0 Å². The fourth-order valence-corrected chi connectivity index (χ4v) is 2.57. The molecule has 5 heteroatoms. The van der Waals surface area contributed by atoms with Gasteiger partial charge >= 0.3 is 0 Å². The Morgan fingerprint density at radius 1 is 1.37 bits per heavy atom. The Kier molecular flexibility index (Phi) is 2.85.